The Morgan fingerprint density at radius 2 is 0.617 bits per heavy atom. The first kappa shape index (κ1) is 64.2. The molecule has 0 radical (unpaired) electrons. The Hall–Kier alpha value is -11.3. The van der Waals surface area contributed by atoms with Gasteiger partial charge in [-0.2, -0.15) is 0 Å². The molecule has 1 aliphatic heterocycles. The van der Waals surface area contributed by atoms with Crippen LogP contribution in [0.2, 0.25) is 0 Å². The van der Waals surface area contributed by atoms with Crippen LogP contribution in [0, 0.1) is 0 Å². The summed E-state index contributed by atoms with van der Waals surface area (Å²) < 4.78 is 70.1. The molecular weight excluding hydrogens is 1200 g/mol. The summed E-state index contributed by atoms with van der Waals surface area (Å²) in [4.78, 5) is 44.4. The zero-order chi connectivity index (χ0) is 65.0. The van der Waals surface area contributed by atoms with Crippen molar-refractivity contribution in [2.24, 2.45) is 0 Å². The van der Waals surface area contributed by atoms with E-state index in [-0.39, 0.29) is 91.7 Å². The summed E-state index contributed by atoms with van der Waals surface area (Å²) in [5.74, 6) is -5.71. The quantitative estimate of drug-likeness (QED) is 0.0264. The molecule has 0 aromatic heterocycles. The number of aromatic hydroxyl groups is 4. The van der Waals surface area contributed by atoms with E-state index in [2.05, 4.69) is 0 Å². The number of carbonyl (C=O) groups is 3. The molecule has 1 fully saturated rings. The molecule has 11 rings (SSSR count). The summed E-state index contributed by atoms with van der Waals surface area (Å²) in [7, 11) is 0. The van der Waals surface area contributed by atoms with Gasteiger partial charge in [0.2, 0.25) is 23.5 Å². The van der Waals surface area contributed by atoms with E-state index in [0.29, 0.717) is 11.1 Å². The lowest BCUT2D eigenvalue weighted by Crippen LogP contribution is -2.62. The van der Waals surface area contributed by atoms with Crippen LogP contribution >= 0.6 is 0 Å². The number of rotatable bonds is 28. The lowest BCUT2D eigenvalue weighted by atomic mass is 9.97. The zero-order valence-electron chi connectivity index (χ0n) is 50.7. The fourth-order valence-corrected chi connectivity index (χ4v) is 10.2. The average molecular weight is 1270 g/mol. The predicted molar refractivity (Wildman–Crippen MR) is 343 cm³/mol. The van der Waals surface area contributed by atoms with Crippen LogP contribution in [0.1, 0.15) is 70.0 Å². The molecule has 10 aromatic carbocycles. The Labute approximate surface area is 542 Å². The summed E-state index contributed by atoms with van der Waals surface area (Å²) in [5.41, 5.74) is 4.53. The maximum Gasteiger partial charge on any atom is 0.340 e. The van der Waals surface area contributed by atoms with Gasteiger partial charge in [0.15, 0.2) is 46.7 Å². The highest BCUT2D eigenvalue weighted by molar-refractivity contribution is 5.93. The number of esters is 3. The Bertz CT molecular complexity index is 3980. The van der Waals surface area contributed by atoms with Gasteiger partial charge in [-0.05, 0) is 75.3 Å². The number of benzene rings is 10. The maximum absolute atomic E-state index is 15.4. The van der Waals surface area contributed by atoms with Crippen LogP contribution in [0.4, 0.5) is 0 Å². The second-order valence-corrected chi connectivity index (χ2v) is 21.8. The minimum absolute atomic E-state index is 0.0213. The molecule has 0 amide bonds. The van der Waals surface area contributed by atoms with Crippen LogP contribution in [0.25, 0.3) is 0 Å². The van der Waals surface area contributed by atoms with Gasteiger partial charge in [-0.3, -0.25) is 0 Å². The van der Waals surface area contributed by atoms with Gasteiger partial charge >= 0.3 is 17.9 Å². The molecule has 478 valence electrons. The number of phenols is 4. The smallest absolute Gasteiger partial charge is 0.340 e. The molecule has 4 N–H and O–H groups in total. The van der Waals surface area contributed by atoms with Gasteiger partial charge in [0.05, 0.1) is 29.9 Å². The van der Waals surface area contributed by atoms with Crippen LogP contribution in [0.5, 0.6) is 51.7 Å². The molecule has 18 nitrogen and oxygen atoms in total. The highest BCUT2D eigenvalue weighted by Gasteiger charge is 2.52. The molecule has 0 saturated carbocycles. The highest BCUT2D eigenvalue weighted by Crippen LogP contribution is 2.43. The molecule has 18 heteroatoms. The van der Waals surface area contributed by atoms with Crippen molar-refractivity contribution in [3.05, 3.63) is 304 Å². The van der Waals surface area contributed by atoms with Crippen LogP contribution in [-0.2, 0) is 74.7 Å². The van der Waals surface area contributed by atoms with E-state index in [1.165, 1.54) is 12.1 Å². The standard InChI is InChI=1S/C76H66O18/c77-60-36-57(37-61(78)67(60)86-44-52-26-12-3-13-27-52)73(81)91-49-66-70(93-74(82)58-38-62(79)68(63(80)39-58)87-45-53-28-14-4-15-29-53)71(89-47-55-32-18-6-19-33-55)72(90-48-56-34-20-7-21-35-56)76(92-66)94-75(83)59-40-64(84-42-50-22-8-1-9-23-50)69(88-46-54-30-16-5-17-31-54)65(41-59)85-43-51-24-10-2-11-25-51/h1-41,66,70-72,76-80H,42-49H2/t66-,70+,71-,72+,76-/m0/s1. The van der Waals surface area contributed by atoms with Gasteiger partial charge in [0, 0.05) is 0 Å². The van der Waals surface area contributed by atoms with E-state index >= 15 is 4.79 Å². The second kappa shape index (κ2) is 31.6. The first-order chi connectivity index (χ1) is 46.0. The number of carbonyl (C=O) groups excluding carboxylic acids is 3. The molecule has 1 saturated heterocycles. The number of phenolic OH excluding ortho intramolecular Hbond substituents is 4. The van der Waals surface area contributed by atoms with E-state index in [1.807, 2.05) is 140 Å². The van der Waals surface area contributed by atoms with E-state index in [0.717, 1.165) is 52.1 Å². The number of hydrogen-bond donors (Lipinski definition) is 4. The van der Waals surface area contributed by atoms with Gasteiger partial charge in [-0.25, -0.2) is 14.4 Å². The number of ether oxygens (including phenoxy) is 11. The summed E-state index contributed by atoms with van der Waals surface area (Å²) in [6.07, 6.45) is -8.00. The normalized spacial score (nSPS) is 15.8. The summed E-state index contributed by atoms with van der Waals surface area (Å²) in [6.45, 7) is -0.919. The van der Waals surface area contributed by atoms with Gasteiger partial charge < -0.3 is 72.5 Å². The molecule has 1 aliphatic rings. The molecule has 0 unspecified atom stereocenters. The van der Waals surface area contributed by atoms with Gasteiger partial charge in [-0.15, -0.1) is 0 Å². The lowest BCUT2D eigenvalue weighted by Gasteiger charge is -2.44. The third-order valence-corrected chi connectivity index (χ3v) is 15.0. The Kier molecular flexibility index (Phi) is 21.6. The molecular formula is C76H66O18. The Balaban J connectivity index is 0.970. The first-order valence-electron chi connectivity index (χ1n) is 30.2. The molecule has 94 heavy (non-hydrogen) atoms. The molecule has 0 bridgehead atoms. The second-order valence-electron chi connectivity index (χ2n) is 21.8. The van der Waals surface area contributed by atoms with E-state index < -0.39 is 78.2 Å². The van der Waals surface area contributed by atoms with E-state index in [4.69, 9.17) is 52.1 Å². The van der Waals surface area contributed by atoms with Crippen LogP contribution in [-0.4, -0.2) is 75.6 Å². The van der Waals surface area contributed by atoms with Gasteiger partial charge in [0.25, 0.3) is 0 Å². The van der Waals surface area contributed by atoms with Gasteiger partial charge in [-0.1, -0.05) is 212 Å². The lowest BCUT2D eigenvalue weighted by molar-refractivity contribution is -0.304. The van der Waals surface area contributed by atoms with Crippen molar-refractivity contribution in [1.82, 2.24) is 0 Å². The summed E-state index contributed by atoms with van der Waals surface area (Å²) >= 11 is 0. The maximum atomic E-state index is 15.4. The SMILES string of the molecule is O=C(OC[C@@H]1O[C@@H](OC(=O)c2cc(OCc3ccccc3)c(OCc3ccccc3)c(OCc3ccccc3)c2)[C@H](OCc2ccccc2)[C@@H](OCc2ccccc2)[C@@H]1OC(=O)c1cc(O)c(OCc2ccccc2)c(O)c1)c1cc(O)c(OCc2ccccc2)c(O)c1. The van der Waals surface area contributed by atoms with Gasteiger partial charge in [0.1, 0.15) is 51.8 Å². The molecule has 10 aromatic rings. The minimum atomic E-state index is -1.78. The summed E-state index contributed by atoms with van der Waals surface area (Å²) in [6, 6.07) is 71.5. The fourth-order valence-electron chi connectivity index (χ4n) is 10.2. The van der Waals surface area contributed by atoms with E-state index in [1.54, 1.807) is 72.8 Å². The van der Waals surface area contributed by atoms with Crippen molar-refractivity contribution in [3.63, 3.8) is 0 Å². The number of hydrogen-bond acceptors (Lipinski definition) is 18. The molecule has 0 aliphatic carbocycles. The average Bonchev–Trinajstić information content (AvgIpc) is 0.816. The van der Waals surface area contributed by atoms with Crippen molar-refractivity contribution in [2.75, 3.05) is 6.61 Å². The van der Waals surface area contributed by atoms with Crippen molar-refractivity contribution in [3.8, 4) is 51.7 Å². The summed E-state index contributed by atoms with van der Waals surface area (Å²) in [5, 5.41) is 44.9. The van der Waals surface area contributed by atoms with Crippen LogP contribution in [0.3, 0.4) is 0 Å². The van der Waals surface area contributed by atoms with E-state index in [9.17, 15) is 30.0 Å². The topological polar surface area (TPSA) is 234 Å². The van der Waals surface area contributed by atoms with Crippen molar-refractivity contribution < 1.29 is 86.9 Å². The van der Waals surface area contributed by atoms with Crippen molar-refractivity contribution >= 4 is 17.9 Å². The predicted octanol–water partition coefficient (Wildman–Crippen LogP) is 13.5. The Morgan fingerprint density at radius 1 is 0.319 bits per heavy atom. The largest absolute Gasteiger partial charge is 0.504 e. The van der Waals surface area contributed by atoms with Crippen LogP contribution in [0.15, 0.2) is 249 Å². The minimum Gasteiger partial charge on any atom is -0.504 e. The third kappa shape index (κ3) is 17.2. The monoisotopic (exact) mass is 1270 g/mol. The van der Waals surface area contributed by atoms with Crippen LogP contribution < -0.4 is 23.7 Å². The van der Waals surface area contributed by atoms with Crippen molar-refractivity contribution in [1.29, 1.82) is 0 Å². The first-order valence-corrected chi connectivity index (χ1v) is 30.2. The molecule has 1 heterocycles. The van der Waals surface area contributed by atoms with Crippen molar-refractivity contribution in [2.45, 2.75) is 77.0 Å². The molecule has 5 atom stereocenters. The zero-order valence-corrected chi connectivity index (χ0v) is 50.7. The highest BCUT2D eigenvalue weighted by atomic mass is 16.7. The Morgan fingerprint density at radius 3 is 0.989 bits per heavy atom. The third-order valence-electron chi connectivity index (χ3n) is 15.0. The molecule has 0 spiro atoms. The fraction of sp³-hybridized carbons (Fsp3) is 0.171.